The number of anilines is 1. The van der Waals surface area contributed by atoms with Gasteiger partial charge in [-0.05, 0) is 32.3 Å². The quantitative estimate of drug-likeness (QED) is 0.779. The molecule has 1 aromatic rings. The van der Waals surface area contributed by atoms with Crippen LogP contribution in [0, 0.1) is 11.7 Å². The Balaban J connectivity index is 0.00000128. The Kier molecular flexibility index (Phi) is 4.70. The zero-order chi connectivity index (χ0) is 10.8. The first-order valence-corrected chi connectivity index (χ1v) is 5.57. The number of nitrogens with zero attached hydrogens (tertiary/aromatic N) is 3. The first-order valence-electron chi connectivity index (χ1n) is 5.16. The molecule has 0 bridgehead atoms. The SMILES string of the molecule is Cc1cc(N2CCN(C)CC2)nc(=S)[nH]1.Cl. The molecule has 16 heavy (non-hydrogen) atoms. The van der Waals surface area contributed by atoms with E-state index in [1.807, 2.05) is 6.92 Å². The molecule has 0 aromatic carbocycles. The van der Waals surface area contributed by atoms with Gasteiger partial charge in [0.05, 0.1) is 0 Å². The highest BCUT2D eigenvalue weighted by atomic mass is 35.5. The molecule has 1 saturated heterocycles. The van der Waals surface area contributed by atoms with Crippen LogP contribution in [0.1, 0.15) is 5.69 Å². The van der Waals surface area contributed by atoms with Crippen molar-refractivity contribution in [2.24, 2.45) is 0 Å². The fraction of sp³-hybridized carbons (Fsp3) is 0.600. The number of rotatable bonds is 1. The maximum absolute atomic E-state index is 5.08. The van der Waals surface area contributed by atoms with Gasteiger partial charge in [0.1, 0.15) is 5.82 Å². The van der Waals surface area contributed by atoms with Crippen molar-refractivity contribution < 1.29 is 0 Å². The maximum atomic E-state index is 5.08. The van der Waals surface area contributed by atoms with Crippen LogP contribution in [0.4, 0.5) is 5.82 Å². The topological polar surface area (TPSA) is 35.2 Å². The number of likely N-dealkylation sites (N-methyl/N-ethyl adjacent to an activating group) is 1. The second-order valence-corrected chi connectivity index (χ2v) is 4.40. The fourth-order valence-electron chi connectivity index (χ4n) is 1.76. The number of aromatic nitrogens is 2. The van der Waals surface area contributed by atoms with Crippen LogP contribution in [0.25, 0.3) is 0 Å². The molecule has 0 radical (unpaired) electrons. The molecule has 1 aromatic heterocycles. The molecule has 2 heterocycles. The van der Waals surface area contributed by atoms with Gasteiger partial charge in [-0.3, -0.25) is 0 Å². The van der Waals surface area contributed by atoms with Crippen LogP contribution in [-0.2, 0) is 0 Å². The van der Waals surface area contributed by atoms with Gasteiger partial charge < -0.3 is 14.8 Å². The van der Waals surface area contributed by atoms with E-state index < -0.39 is 0 Å². The zero-order valence-electron chi connectivity index (χ0n) is 9.56. The average Bonchev–Trinajstić information content (AvgIpc) is 2.17. The van der Waals surface area contributed by atoms with Crippen molar-refractivity contribution in [3.63, 3.8) is 0 Å². The molecule has 1 aliphatic rings. The second-order valence-electron chi connectivity index (χ2n) is 4.02. The van der Waals surface area contributed by atoms with E-state index in [-0.39, 0.29) is 12.4 Å². The normalized spacial score (nSPS) is 17.0. The molecular formula is C10H17ClN4S. The van der Waals surface area contributed by atoms with Gasteiger partial charge in [0.2, 0.25) is 0 Å². The molecule has 0 spiro atoms. The molecule has 4 nitrogen and oxygen atoms in total. The Labute approximate surface area is 107 Å². The number of hydrogen-bond donors (Lipinski definition) is 1. The van der Waals surface area contributed by atoms with Gasteiger partial charge in [-0.15, -0.1) is 12.4 Å². The molecule has 0 unspecified atom stereocenters. The van der Waals surface area contributed by atoms with Crippen LogP contribution in [0.2, 0.25) is 0 Å². The summed E-state index contributed by atoms with van der Waals surface area (Å²) >= 11 is 5.08. The molecule has 0 amide bonds. The lowest BCUT2D eigenvalue weighted by Gasteiger charge is -2.33. The van der Waals surface area contributed by atoms with Crippen LogP contribution in [0.15, 0.2) is 6.07 Å². The number of hydrogen-bond acceptors (Lipinski definition) is 4. The average molecular weight is 261 g/mol. The summed E-state index contributed by atoms with van der Waals surface area (Å²) in [4.78, 5) is 12.0. The lowest BCUT2D eigenvalue weighted by Crippen LogP contribution is -2.44. The van der Waals surface area contributed by atoms with Gasteiger partial charge in [-0.2, -0.15) is 0 Å². The van der Waals surface area contributed by atoms with E-state index in [4.69, 9.17) is 12.2 Å². The summed E-state index contributed by atoms with van der Waals surface area (Å²) in [5, 5.41) is 0. The van der Waals surface area contributed by atoms with E-state index in [2.05, 4.69) is 32.9 Å². The summed E-state index contributed by atoms with van der Waals surface area (Å²) in [5.74, 6) is 1.00. The highest BCUT2D eigenvalue weighted by Crippen LogP contribution is 2.13. The van der Waals surface area contributed by atoms with Crippen LogP contribution in [-0.4, -0.2) is 48.1 Å². The van der Waals surface area contributed by atoms with Gasteiger partial charge in [0, 0.05) is 31.9 Å². The van der Waals surface area contributed by atoms with Crippen LogP contribution in [0.3, 0.4) is 0 Å². The third-order valence-corrected chi connectivity index (χ3v) is 2.89. The van der Waals surface area contributed by atoms with Crippen molar-refractivity contribution in [2.45, 2.75) is 6.92 Å². The number of nitrogens with one attached hydrogen (secondary N) is 1. The molecule has 1 aliphatic heterocycles. The number of aryl methyl sites for hydroxylation is 1. The molecule has 1 fully saturated rings. The second kappa shape index (κ2) is 5.61. The summed E-state index contributed by atoms with van der Waals surface area (Å²) in [6.07, 6.45) is 0. The van der Waals surface area contributed by atoms with E-state index in [1.54, 1.807) is 0 Å². The van der Waals surface area contributed by atoms with Crippen molar-refractivity contribution in [1.82, 2.24) is 14.9 Å². The summed E-state index contributed by atoms with van der Waals surface area (Å²) < 4.78 is 0.573. The lowest BCUT2D eigenvalue weighted by atomic mass is 10.3. The zero-order valence-corrected chi connectivity index (χ0v) is 11.2. The number of H-pyrrole nitrogens is 1. The van der Waals surface area contributed by atoms with E-state index in [9.17, 15) is 0 Å². The van der Waals surface area contributed by atoms with E-state index in [0.29, 0.717) is 4.77 Å². The van der Waals surface area contributed by atoms with Crippen molar-refractivity contribution in [3.8, 4) is 0 Å². The molecule has 0 atom stereocenters. The minimum atomic E-state index is 0. The molecule has 1 N–H and O–H groups in total. The molecule has 0 aliphatic carbocycles. The third kappa shape index (κ3) is 3.17. The van der Waals surface area contributed by atoms with Gasteiger partial charge in [-0.1, -0.05) is 0 Å². The van der Waals surface area contributed by atoms with Crippen LogP contribution >= 0.6 is 24.6 Å². The predicted octanol–water partition coefficient (Wildman–Crippen LogP) is 1.62. The van der Waals surface area contributed by atoms with Crippen molar-refractivity contribution in [1.29, 1.82) is 0 Å². The molecule has 0 saturated carbocycles. The first kappa shape index (κ1) is 13.4. The molecule has 2 rings (SSSR count). The third-order valence-electron chi connectivity index (χ3n) is 2.69. The first-order chi connectivity index (χ1) is 7.15. The minimum Gasteiger partial charge on any atom is -0.354 e. The largest absolute Gasteiger partial charge is 0.354 e. The predicted molar refractivity (Wildman–Crippen MR) is 71.1 cm³/mol. The fourth-order valence-corrected chi connectivity index (χ4v) is 2.01. The van der Waals surface area contributed by atoms with E-state index in [0.717, 1.165) is 37.7 Å². The molecule has 90 valence electrons. The maximum Gasteiger partial charge on any atom is 0.198 e. The molecular weight excluding hydrogens is 244 g/mol. The number of aromatic amines is 1. The Morgan fingerprint density at radius 3 is 2.50 bits per heavy atom. The van der Waals surface area contributed by atoms with Crippen LogP contribution in [0.5, 0.6) is 0 Å². The van der Waals surface area contributed by atoms with Crippen molar-refractivity contribution in [3.05, 3.63) is 16.5 Å². The van der Waals surface area contributed by atoms with Crippen molar-refractivity contribution >= 4 is 30.4 Å². The number of piperazine rings is 1. The van der Waals surface area contributed by atoms with Gasteiger partial charge in [-0.25, -0.2) is 4.98 Å². The van der Waals surface area contributed by atoms with Crippen LogP contribution < -0.4 is 4.90 Å². The van der Waals surface area contributed by atoms with E-state index in [1.165, 1.54) is 0 Å². The van der Waals surface area contributed by atoms with Gasteiger partial charge >= 0.3 is 0 Å². The summed E-state index contributed by atoms with van der Waals surface area (Å²) in [6, 6.07) is 2.06. The molecule has 6 heteroatoms. The Hall–Kier alpha value is -0.650. The van der Waals surface area contributed by atoms with E-state index >= 15 is 0 Å². The number of halogens is 1. The minimum absolute atomic E-state index is 0. The Morgan fingerprint density at radius 2 is 1.94 bits per heavy atom. The Bertz CT molecular complexity index is 398. The lowest BCUT2D eigenvalue weighted by molar-refractivity contribution is 0.312. The van der Waals surface area contributed by atoms with Gasteiger partial charge in [0.15, 0.2) is 4.77 Å². The standard InChI is InChI=1S/C10H16N4S.ClH/c1-8-7-9(12-10(15)11-8)14-5-3-13(2)4-6-14;/h7H,3-6H2,1-2H3,(H,11,12,15);1H. The Morgan fingerprint density at radius 1 is 1.31 bits per heavy atom. The monoisotopic (exact) mass is 260 g/mol. The summed E-state index contributed by atoms with van der Waals surface area (Å²) in [5.41, 5.74) is 1.07. The summed E-state index contributed by atoms with van der Waals surface area (Å²) in [6.45, 7) is 6.25. The summed E-state index contributed by atoms with van der Waals surface area (Å²) in [7, 11) is 2.15. The highest BCUT2D eigenvalue weighted by Gasteiger charge is 2.15. The highest BCUT2D eigenvalue weighted by molar-refractivity contribution is 7.71. The van der Waals surface area contributed by atoms with Crippen molar-refractivity contribution in [2.75, 3.05) is 38.1 Å². The van der Waals surface area contributed by atoms with Gasteiger partial charge in [0.25, 0.3) is 0 Å². The smallest absolute Gasteiger partial charge is 0.198 e.